The molecule has 0 fully saturated rings. The molecule has 18 heavy (non-hydrogen) atoms. The first-order valence-electron chi connectivity index (χ1n) is 5.99. The minimum absolute atomic E-state index is 0.0543. The molecule has 3 nitrogen and oxygen atoms in total. The normalized spacial score (nSPS) is 28.5. The summed E-state index contributed by atoms with van der Waals surface area (Å²) < 4.78 is 36.2. The van der Waals surface area contributed by atoms with Gasteiger partial charge in [-0.3, -0.25) is 0 Å². The van der Waals surface area contributed by atoms with Crippen molar-refractivity contribution in [2.75, 3.05) is 5.75 Å². The molecule has 1 aliphatic carbocycles. The van der Waals surface area contributed by atoms with E-state index >= 15 is 0 Å². The summed E-state index contributed by atoms with van der Waals surface area (Å²) >= 11 is 0. The minimum atomic E-state index is -3.04. The monoisotopic (exact) mass is 267 g/mol. The number of benzene rings is 1. The van der Waals surface area contributed by atoms with E-state index in [0.717, 1.165) is 17.5 Å². The van der Waals surface area contributed by atoms with Crippen molar-refractivity contribution in [1.82, 2.24) is 5.32 Å². The standard InChI is InChI=1S/C13H14FNO2S/c14-12-3-1-2-11-10(12)4-5-13(11)15-9-6-7-18(16,17)8-9/h1-3,6-7,9,13,15H,4-5,8H2. The molecule has 3 rings (SSSR count). The molecular weight excluding hydrogens is 253 g/mol. The van der Waals surface area contributed by atoms with Gasteiger partial charge in [-0.1, -0.05) is 18.2 Å². The zero-order chi connectivity index (χ0) is 12.8. The Morgan fingerprint density at radius 2 is 2.17 bits per heavy atom. The van der Waals surface area contributed by atoms with Crippen LogP contribution in [0.4, 0.5) is 4.39 Å². The Labute approximate surface area is 106 Å². The average molecular weight is 267 g/mol. The van der Waals surface area contributed by atoms with Gasteiger partial charge in [-0.05, 0) is 30.0 Å². The summed E-state index contributed by atoms with van der Waals surface area (Å²) in [5.74, 6) is -0.0554. The van der Waals surface area contributed by atoms with Crippen LogP contribution in [0.1, 0.15) is 23.6 Å². The fraction of sp³-hybridized carbons (Fsp3) is 0.385. The maximum atomic E-state index is 13.6. The Kier molecular flexibility index (Phi) is 2.75. The summed E-state index contributed by atoms with van der Waals surface area (Å²) in [6.45, 7) is 0. The molecule has 0 bridgehead atoms. The highest BCUT2D eigenvalue weighted by Gasteiger charge is 2.29. The van der Waals surface area contributed by atoms with E-state index in [-0.39, 0.29) is 23.7 Å². The fourth-order valence-electron chi connectivity index (χ4n) is 2.72. The Morgan fingerprint density at radius 1 is 1.33 bits per heavy atom. The van der Waals surface area contributed by atoms with E-state index in [1.54, 1.807) is 12.1 Å². The number of sulfone groups is 1. The molecular formula is C13H14FNO2S. The van der Waals surface area contributed by atoms with E-state index in [4.69, 9.17) is 0 Å². The minimum Gasteiger partial charge on any atom is -0.303 e. The molecule has 0 radical (unpaired) electrons. The van der Waals surface area contributed by atoms with E-state index in [9.17, 15) is 12.8 Å². The first-order chi connectivity index (χ1) is 8.55. The molecule has 0 amide bonds. The van der Waals surface area contributed by atoms with Gasteiger partial charge in [0.05, 0.1) is 5.75 Å². The van der Waals surface area contributed by atoms with Crippen LogP contribution in [0.5, 0.6) is 0 Å². The van der Waals surface area contributed by atoms with Gasteiger partial charge in [0.25, 0.3) is 0 Å². The number of hydrogen-bond acceptors (Lipinski definition) is 3. The van der Waals surface area contributed by atoms with Gasteiger partial charge in [0.1, 0.15) is 5.82 Å². The summed E-state index contributed by atoms with van der Waals surface area (Å²) in [4.78, 5) is 0. The summed E-state index contributed by atoms with van der Waals surface area (Å²) in [5.41, 5.74) is 1.73. The van der Waals surface area contributed by atoms with Gasteiger partial charge in [-0.15, -0.1) is 0 Å². The molecule has 2 atom stereocenters. The molecule has 0 spiro atoms. The second kappa shape index (κ2) is 4.17. The van der Waals surface area contributed by atoms with Gasteiger partial charge in [-0.25, -0.2) is 12.8 Å². The van der Waals surface area contributed by atoms with Crippen LogP contribution in [-0.4, -0.2) is 20.2 Å². The van der Waals surface area contributed by atoms with Crippen LogP contribution >= 0.6 is 0 Å². The van der Waals surface area contributed by atoms with Crippen LogP contribution in [0.15, 0.2) is 29.7 Å². The van der Waals surface area contributed by atoms with E-state index in [1.165, 1.54) is 11.5 Å². The summed E-state index contributed by atoms with van der Waals surface area (Å²) in [5, 5.41) is 4.54. The van der Waals surface area contributed by atoms with Gasteiger partial charge in [0.15, 0.2) is 9.84 Å². The highest BCUT2D eigenvalue weighted by molar-refractivity contribution is 7.94. The van der Waals surface area contributed by atoms with Crippen molar-refractivity contribution < 1.29 is 12.8 Å². The van der Waals surface area contributed by atoms with Crippen LogP contribution in [0.2, 0.25) is 0 Å². The van der Waals surface area contributed by atoms with Crippen LogP contribution in [-0.2, 0) is 16.3 Å². The lowest BCUT2D eigenvalue weighted by Gasteiger charge is -2.18. The molecule has 96 valence electrons. The van der Waals surface area contributed by atoms with Gasteiger partial charge in [-0.2, -0.15) is 0 Å². The van der Waals surface area contributed by atoms with Gasteiger partial charge in [0.2, 0.25) is 0 Å². The van der Waals surface area contributed by atoms with Crippen molar-refractivity contribution in [3.05, 3.63) is 46.6 Å². The third kappa shape index (κ3) is 2.08. The van der Waals surface area contributed by atoms with Gasteiger partial charge in [0, 0.05) is 17.5 Å². The zero-order valence-corrected chi connectivity index (χ0v) is 10.6. The topological polar surface area (TPSA) is 46.2 Å². The van der Waals surface area contributed by atoms with E-state index in [2.05, 4.69) is 5.32 Å². The van der Waals surface area contributed by atoms with Crippen molar-refractivity contribution in [2.45, 2.75) is 24.9 Å². The van der Waals surface area contributed by atoms with Crippen molar-refractivity contribution >= 4 is 9.84 Å². The van der Waals surface area contributed by atoms with E-state index in [1.807, 2.05) is 6.07 Å². The predicted octanol–water partition coefficient (Wildman–Crippen LogP) is 1.71. The summed E-state index contributed by atoms with van der Waals surface area (Å²) in [6, 6.07) is 4.99. The molecule has 2 aliphatic rings. The Morgan fingerprint density at radius 3 is 2.89 bits per heavy atom. The van der Waals surface area contributed by atoms with Gasteiger partial charge >= 0.3 is 0 Å². The number of fused-ring (bicyclic) bond motifs is 1. The maximum Gasteiger partial charge on any atom is 0.173 e. The fourth-order valence-corrected chi connectivity index (χ4v) is 3.97. The zero-order valence-electron chi connectivity index (χ0n) is 9.77. The molecule has 2 unspecified atom stereocenters. The van der Waals surface area contributed by atoms with Crippen LogP contribution in [0.3, 0.4) is 0 Å². The van der Waals surface area contributed by atoms with Crippen LogP contribution in [0.25, 0.3) is 0 Å². The van der Waals surface area contributed by atoms with Crippen molar-refractivity contribution in [3.63, 3.8) is 0 Å². The highest BCUT2D eigenvalue weighted by atomic mass is 32.2. The van der Waals surface area contributed by atoms with Gasteiger partial charge < -0.3 is 5.32 Å². The van der Waals surface area contributed by atoms with Crippen LogP contribution < -0.4 is 5.32 Å². The second-order valence-corrected chi connectivity index (χ2v) is 6.76. The average Bonchev–Trinajstić information content (AvgIpc) is 2.85. The number of hydrogen-bond donors (Lipinski definition) is 1. The Balaban J connectivity index is 1.78. The molecule has 0 saturated carbocycles. The molecule has 0 aromatic heterocycles. The van der Waals surface area contributed by atoms with Crippen molar-refractivity contribution in [3.8, 4) is 0 Å². The summed E-state index contributed by atoms with van der Waals surface area (Å²) in [6.07, 6.45) is 3.20. The quantitative estimate of drug-likeness (QED) is 0.887. The maximum absolute atomic E-state index is 13.6. The molecule has 1 N–H and O–H groups in total. The molecule has 1 aromatic carbocycles. The van der Waals surface area contributed by atoms with Crippen molar-refractivity contribution in [1.29, 1.82) is 0 Å². The predicted molar refractivity (Wildman–Crippen MR) is 67.3 cm³/mol. The second-order valence-electron chi connectivity index (χ2n) is 4.83. The molecule has 5 heteroatoms. The lowest BCUT2D eigenvalue weighted by molar-refractivity contribution is 0.501. The highest BCUT2D eigenvalue weighted by Crippen LogP contribution is 2.33. The number of halogens is 1. The molecule has 1 aromatic rings. The number of rotatable bonds is 2. The third-order valence-electron chi connectivity index (χ3n) is 3.56. The summed E-state index contributed by atoms with van der Waals surface area (Å²) in [7, 11) is -3.04. The Hall–Kier alpha value is -1.20. The van der Waals surface area contributed by atoms with Crippen molar-refractivity contribution in [2.24, 2.45) is 0 Å². The van der Waals surface area contributed by atoms with Crippen LogP contribution in [0, 0.1) is 5.82 Å². The first kappa shape index (κ1) is 11.9. The molecule has 1 aliphatic heterocycles. The third-order valence-corrected chi connectivity index (χ3v) is 4.95. The van der Waals surface area contributed by atoms with E-state index in [0.29, 0.717) is 6.42 Å². The lowest BCUT2D eigenvalue weighted by atomic mass is 10.1. The van der Waals surface area contributed by atoms with E-state index < -0.39 is 9.84 Å². The molecule has 1 heterocycles. The smallest absolute Gasteiger partial charge is 0.173 e. The largest absolute Gasteiger partial charge is 0.303 e. The number of nitrogens with one attached hydrogen (secondary N) is 1. The Bertz CT molecular complexity index is 609. The SMILES string of the molecule is O=S1(=O)C=CC(NC2CCc3c(F)cccc32)C1. The first-order valence-corrected chi connectivity index (χ1v) is 7.71. The molecule has 0 saturated heterocycles. The lowest BCUT2D eigenvalue weighted by Crippen LogP contribution is -2.32.